The highest BCUT2D eigenvalue weighted by Crippen LogP contribution is 2.10. The van der Waals surface area contributed by atoms with Gasteiger partial charge >= 0.3 is 0 Å². The Morgan fingerprint density at radius 1 is 1.25 bits per heavy atom. The predicted octanol–water partition coefficient (Wildman–Crippen LogP) is 2.75. The molecule has 0 spiro atoms. The maximum atomic E-state index is 3.45. The molecule has 1 atom stereocenters. The molecule has 1 N–H and O–H groups in total. The molecule has 66 valence electrons. The van der Waals surface area contributed by atoms with Crippen LogP contribution in [0.15, 0.2) is 30.3 Å². The summed E-state index contributed by atoms with van der Waals surface area (Å²) in [5.74, 6) is 0. The molecule has 0 amide bonds. The summed E-state index contributed by atoms with van der Waals surface area (Å²) >= 11 is 0. The quantitative estimate of drug-likeness (QED) is 0.719. The Bertz CT molecular complexity index is 206. The summed E-state index contributed by atoms with van der Waals surface area (Å²) in [6.45, 7) is 5.48. The highest BCUT2D eigenvalue weighted by atomic mass is 14.9. The van der Waals surface area contributed by atoms with E-state index in [0.29, 0.717) is 6.04 Å². The Hall–Kier alpha value is -0.820. The molecule has 0 heterocycles. The number of nitrogens with one attached hydrogen (secondary N) is 1. The van der Waals surface area contributed by atoms with Crippen molar-refractivity contribution < 1.29 is 0 Å². The molecule has 1 aromatic carbocycles. The predicted molar refractivity (Wildman–Crippen MR) is 53.2 cm³/mol. The molecule has 1 nitrogen and oxygen atoms in total. The van der Waals surface area contributed by atoms with Crippen LogP contribution in [0.5, 0.6) is 0 Å². The molecular weight excluding hydrogens is 146 g/mol. The third kappa shape index (κ3) is 2.67. The van der Waals surface area contributed by atoms with Gasteiger partial charge in [0.05, 0.1) is 0 Å². The molecule has 0 aliphatic heterocycles. The van der Waals surface area contributed by atoms with Gasteiger partial charge in [0.15, 0.2) is 0 Å². The minimum atomic E-state index is 0.478. The van der Waals surface area contributed by atoms with Crippen LogP contribution >= 0.6 is 0 Å². The minimum Gasteiger partial charge on any atom is -0.310 e. The van der Waals surface area contributed by atoms with Gasteiger partial charge in [-0.2, -0.15) is 0 Å². The lowest BCUT2D eigenvalue weighted by Crippen LogP contribution is -2.18. The van der Waals surface area contributed by atoms with Crippen LogP contribution in [0.3, 0.4) is 0 Å². The highest BCUT2D eigenvalue weighted by molar-refractivity contribution is 5.17. The van der Waals surface area contributed by atoms with Crippen molar-refractivity contribution >= 4 is 0 Å². The number of hydrogen-bond donors (Lipinski definition) is 1. The van der Waals surface area contributed by atoms with Gasteiger partial charge in [-0.05, 0) is 25.5 Å². The third-order valence-corrected chi connectivity index (χ3v) is 2.00. The van der Waals surface area contributed by atoms with E-state index in [1.807, 2.05) is 0 Å². The second kappa shape index (κ2) is 4.94. The van der Waals surface area contributed by atoms with Crippen LogP contribution in [0, 0.1) is 0 Å². The van der Waals surface area contributed by atoms with Crippen molar-refractivity contribution in [1.29, 1.82) is 0 Å². The molecule has 0 radical (unpaired) electrons. The van der Waals surface area contributed by atoms with Crippen molar-refractivity contribution in [3.8, 4) is 0 Å². The van der Waals surface area contributed by atoms with Gasteiger partial charge in [-0.15, -0.1) is 0 Å². The number of rotatable bonds is 4. The molecular formula is C11H17N. The van der Waals surface area contributed by atoms with E-state index >= 15 is 0 Å². The maximum Gasteiger partial charge on any atom is 0.0291 e. The summed E-state index contributed by atoms with van der Waals surface area (Å²) in [5.41, 5.74) is 1.37. The summed E-state index contributed by atoms with van der Waals surface area (Å²) in [6, 6.07) is 11.0. The molecule has 0 aromatic heterocycles. The first-order valence-electron chi connectivity index (χ1n) is 4.63. The lowest BCUT2D eigenvalue weighted by molar-refractivity contribution is 0.571. The van der Waals surface area contributed by atoms with E-state index < -0.39 is 0 Å². The van der Waals surface area contributed by atoms with Gasteiger partial charge < -0.3 is 5.32 Å². The summed E-state index contributed by atoms with van der Waals surface area (Å²) in [6.07, 6.45) is 1.19. The van der Waals surface area contributed by atoms with Crippen molar-refractivity contribution in [3.05, 3.63) is 35.9 Å². The van der Waals surface area contributed by atoms with Gasteiger partial charge in [0.25, 0.3) is 0 Å². The molecule has 0 saturated heterocycles. The van der Waals surface area contributed by atoms with Gasteiger partial charge in [-0.25, -0.2) is 0 Å². The van der Waals surface area contributed by atoms with Crippen LogP contribution in [0.4, 0.5) is 0 Å². The van der Waals surface area contributed by atoms with Crippen molar-refractivity contribution in [3.63, 3.8) is 0 Å². The van der Waals surface area contributed by atoms with Gasteiger partial charge in [-0.3, -0.25) is 0 Å². The average Bonchev–Trinajstić information content (AvgIpc) is 2.15. The summed E-state index contributed by atoms with van der Waals surface area (Å²) in [5, 5.41) is 3.45. The molecule has 0 fully saturated rings. The van der Waals surface area contributed by atoms with E-state index in [0.717, 1.165) is 6.54 Å². The van der Waals surface area contributed by atoms with Gasteiger partial charge in [0, 0.05) is 6.04 Å². The fourth-order valence-electron chi connectivity index (χ4n) is 1.22. The molecule has 0 aliphatic carbocycles. The Labute approximate surface area is 74.8 Å². The van der Waals surface area contributed by atoms with Crippen LogP contribution in [-0.4, -0.2) is 6.54 Å². The Morgan fingerprint density at radius 2 is 1.92 bits per heavy atom. The average molecular weight is 163 g/mol. The summed E-state index contributed by atoms with van der Waals surface area (Å²) in [7, 11) is 0. The monoisotopic (exact) mass is 163 g/mol. The topological polar surface area (TPSA) is 12.0 Å². The fourth-order valence-corrected chi connectivity index (χ4v) is 1.22. The molecule has 1 aromatic rings. The highest BCUT2D eigenvalue weighted by Gasteiger charge is 2.00. The second-order valence-corrected chi connectivity index (χ2v) is 3.09. The Balaban J connectivity index is 2.48. The molecule has 0 saturated carbocycles. The summed E-state index contributed by atoms with van der Waals surface area (Å²) < 4.78 is 0. The Morgan fingerprint density at radius 3 is 2.50 bits per heavy atom. The van der Waals surface area contributed by atoms with Crippen LogP contribution < -0.4 is 5.32 Å². The standard InChI is InChI=1S/C11H17N/c1-3-9-12-10(2)11-7-5-4-6-8-11/h4-8,10,12H,3,9H2,1-2H3/t10-/m0/s1. The lowest BCUT2D eigenvalue weighted by atomic mass is 10.1. The van der Waals surface area contributed by atoms with Gasteiger partial charge in [0.1, 0.15) is 0 Å². The van der Waals surface area contributed by atoms with Crippen LogP contribution in [0.1, 0.15) is 31.9 Å². The molecule has 0 bridgehead atoms. The van der Waals surface area contributed by atoms with E-state index in [4.69, 9.17) is 0 Å². The van der Waals surface area contributed by atoms with Gasteiger partial charge in [-0.1, -0.05) is 37.3 Å². The summed E-state index contributed by atoms with van der Waals surface area (Å²) in [4.78, 5) is 0. The van der Waals surface area contributed by atoms with Crippen LogP contribution in [-0.2, 0) is 0 Å². The smallest absolute Gasteiger partial charge is 0.0291 e. The number of hydrogen-bond acceptors (Lipinski definition) is 1. The minimum absolute atomic E-state index is 0.478. The molecule has 0 aliphatic rings. The zero-order valence-electron chi connectivity index (χ0n) is 7.88. The van der Waals surface area contributed by atoms with E-state index in [9.17, 15) is 0 Å². The van der Waals surface area contributed by atoms with Crippen LogP contribution in [0.25, 0.3) is 0 Å². The van der Waals surface area contributed by atoms with Gasteiger partial charge in [0.2, 0.25) is 0 Å². The second-order valence-electron chi connectivity index (χ2n) is 3.09. The third-order valence-electron chi connectivity index (χ3n) is 2.00. The fraction of sp³-hybridized carbons (Fsp3) is 0.455. The first-order chi connectivity index (χ1) is 5.84. The normalized spacial score (nSPS) is 12.8. The SMILES string of the molecule is CCCN[C@@H](C)c1ccccc1. The van der Waals surface area contributed by atoms with Crippen molar-refractivity contribution in [1.82, 2.24) is 5.32 Å². The van der Waals surface area contributed by atoms with E-state index in [1.54, 1.807) is 0 Å². The zero-order valence-corrected chi connectivity index (χ0v) is 7.88. The van der Waals surface area contributed by atoms with E-state index in [1.165, 1.54) is 12.0 Å². The van der Waals surface area contributed by atoms with E-state index in [2.05, 4.69) is 49.5 Å². The Kier molecular flexibility index (Phi) is 3.81. The molecule has 1 heteroatoms. The maximum absolute atomic E-state index is 3.45. The zero-order chi connectivity index (χ0) is 8.81. The lowest BCUT2D eigenvalue weighted by Gasteiger charge is -2.12. The first-order valence-corrected chi connectivity index (χ1v) is 4.63. The first kappa shape index (κ1) is 9.27. The van der Waals surface area contributed by atoms with Crippen LogP contribution in [0.2, 0.25) is 0 Å². The molecule has 0 unspecified atom stereocenters. The molecule has 1 rings (SSSR count). The van der Waals surface area contributed by atoms with E-state index in [-0.39, 0.29) is 0 Å². The van der Waals surface area contributed by atoms with Crippen molar-refractivity contribution in [2.75, 3.05) is 6.54 Å². The number of benzene rings is 1. The largest absolute Gasteiger partial charge is 0.310 e. The van der Waals surface area contributed by atoms with Crippen molar-refractivity contribution in [2.24, 2.45) is 0 Å². The molecule has 12 heavy (non-hydrogen) atoms. The van der Waals surface area contributed by atoms with Crippen molar-refractivity contribution in [2.45, 2.75) is 26.3 Å².